The summed E-state index contributed by atoms with van der Waals surface area (Å²) in [5.74, 6) is 0.344. The summed E-state index contributed by atoms with van der Waals surface area (Å²) in [4.78, 5) is 3.76. The van der Waals surface area contributed by atoms with Crippen LogP contribution in [0.5, 0.6) is 11.5 Å². The molecule has 9 heteroatoms. The third-order valence-corrected chi connectivity index (χ3v) is 4.57. The standard InChI is InChI=1S/C19H17ClF3N3O2/c1-2-18(27,10-26-12-24-11-25-26)16-8-7-15(9-17(16)19(21,22)23)28-14-5-3-13(20)4-6-14/h3-9,11-12,27H,2,10H2,1H3/t18-/m1/s1. The van der Waals surface area contributed by atoms with E-state index in [4.69, 9.17) is 16.3 Å². The van der Waals surface area contributed by atoms with E-state index < -0.39 is 17.3 Å². The van der Waals surface area contributed by atoms with Crippen LogP contribution in [0.4, 0.5) is 13.2 Å². The quantitative estimate of drug-likeness (QED) is 0.617. The van der Waals surface area contributed by atoms with Gasteiger partial charge in [0.2, 0.25) is 0 Å². The molecule has 1 aromatic heterocycles. The van der Waals surface area contributed by atoms with Crippen molar-refractivity contribution in [1.82, 2.24) is 14.8 Å². The topological polar surface area (TPSA) is 60.2 Å². The predicted molar refractivity (Wildman–Crippen MR) is 97.2 cm³/mol. The fourth-order valence-electron chi connectivity index (χ4n) is 2.84. The number of rotatable bonds is 6. The van der Waals surface area contributed by atoms with Crippen LogP contribution < -0.4 is 4.74 Å². The van der Waals surface area contributed by atoms with Gasteiger partial charge in [0.15, 0.2) is 0 Å². The van der Waals surface area contributed by atoms with Crippen molar-refractivity contribution >= 4 is 11.6 Å². The number of halogens is 4. The van der Waals surface area contributed by atoms with Gasteiger partial charge in [-0.1, -0.05) is 24.6 Å². The Kier molecular flexibility index (Phi) is 5.62. The number of aromatic nitrogens is 3. The molecule has 0 aliphatic rings. The lowest BCUT2D eigenvalue weighted by atomic mass is 9.87. The molecule has 0 fully saturated rings. The largest absolute Gasteiger partial charge is 0.457 e. The molecule has 3 rings (SSSR count). The third kappa shape index (κ3) is 4.45. The third-order valence-electron chi connectivity index (χ3n) is 4.32. The lowest BCUT2D eigenvalue weighted by Crippen LogP contribution is -2.33. The molecule has 0 unspecified atom stereocenters. The smallest absolute Gasteiger partial charge is 0.416 e. The number of nitrogens with zero attached hydrogens (tertiary/aromatic N) is 3. The molecule has 0 bridgehead atoms. The normalized spacial score (nSPS) is 13.9. The molecule has 148 valence electrons. The van der Waals surface area contributed by atoms with Gasteiger partial charge >= 0.3 is 6.18 Å². The molecular formula is C19H17ClF3N3O2. The average Bonchev–Trinajstić information content (AvgIpc) is 3.15. The van der Waals surface area contributed by atoms with E-state index in [1.165, 1.54) is 29.5 Å². The molecule has 0 radical (unpaired) electrons. The van der Waals surface area contributed by atoms with E-state index in [9.17, 15) is 18.3 Å². The van der Waals surface area contributed by atoms with Gasteiger partial charge in [-0.3, -0.25) is 0 Å². The van der Waals surface area contributed by atoms with Crippen LogP contribution >= 0.6 is 11.6 Å². The van der Waals surface area contributed by atoms with Crippen molar-refractivity contribution in [3.05, 3.63) is 71.3 Å². The molecule has 0 amide bonds. The Hall–Kier alpha value is -2.58. The fourth-order valence-corrected chi connectivity index (χ4v) is 2.96. The van der Waals surface area contributed by atoms with Gasteiger partial charge in [-0.15, -0.1) is 0 Å². The van der Waals surface area contributed by atoms with E-state index in [1.54, 1.807) is 31.2 Å². The van der Waals surface area contributed by atoms with E-state index in [0.29, 0.717) is 10.8 Å². The SMILES string of the molecule is CC[C@@](O)(Cn1cncn1)c1ccc(Oc2ccc(Cl)cc2)cc1C(F)(F)F. The highest BCUT2D eigenvalue weighted by atomic mass is 35.5. The molecule has 1 heterocycles. The summed E-state index contributed by atoms with van der Waals surface area (Å²) in [5.41, 5.74) is -3.00. The summed E-state index contributed by atoms with van der Waals surface area (Å²) in [5, 5.41) is 15.3. The van der Waals surface area contributed by atoms with Gasteiger partial charge < -0.3 is 9.84 Å². The number of alkyl halides is 3. The zero-order chi connectivity index (χ0) is 20.4. The summed E-state index contributed by atoms with van der Waals surface area (Å²) in [6, 6.07) is 9.75. The second kappa shape index (κ2) is 7.81. The minimum atomic E-state index is -4.68. The minimum Gasteiger partial charge on any atom is -0.457 e. The van der Waals surface area contributed by atoms with Gasteiger partial charge in [0.1, 0.15) is 29.8 Å². The fraction of sp³-hybridized carbons (Fsp3) is 0.263. The van der Waals surface area contributed by atoms with Gasteiger partial charge in [0.25, 0.3) is 0 Å². The van der Waals surface area contributed by atoms with Gasteiger partial charge in [0, 0.05) is 5.02 Å². The van der Waals surface area contributed by atoms with Crippen molar-refractivity contribution < 1.29 is 23.0 Å². The second-order valence-corrected chi connectivity index (χ2v) is 6.68. The Morgan fingerprint density at radius 3 is 2.32 bits per heavy atom. The van der Waals surface area contributed by atoms with Crippen molar-refractivity contribution in [3.8, 4) is 11.5 Å². The van der Waals surface area contributed by atoms with E-state index in [-0.39, 0.29) is 24.3 Å². The molecular weight excluding hydrogens is 395 g/mol. The Morgan fingerprint density at radius 1 is 1.07 bits per heavy atom. The van der Waals surface area contributed by atoms with Gasteiger partial charge in [0.05, 0.1) is 12.1 Å². The summed E-state index contributed by atoms with van der Waals surface area (Å²) in [6.07, 6.45) is -2.04. The monoisotopic (exact) mass is 411 g/mol. The number of aliphatic hydroxyl groups is 1. The van der Waals surface area contributed by atoms with E-state index in [0.717, 1.165) is 6.07 Å². The van der Waals surface area contributed by atoms with Crippen molar-refractivity contribution in [1.29, 1.82) is 0 Å². The number of ether oxygens (including phenoxy) is 1. The van der Waals surface area contributed by atoms with E-state index in [1.807, 2.05) is 0 Å². The Morgan fingerprint density at radius 2 is 1.75 bits per heavy atom. The Labute approximate surface area is 164 Å². The van der Waals surface area contributed by atoms with Crippen LogP contribution in [-0.2, 0) is 18.3 Å². The highest BCUT2D eigenvalue weighted by Crippen LogP contribution is 2.41. The summed E-state index contributed by atoms with van der Waals surface area (Å²) >= 11 is 5.80. The summed E-state index contributed by atoms with van der Waals surface area (Å²) in [6.45, 7) is 1.44. The maximum absolute atomic E-state index is 13.7. The van der Waals surface area contributed by atoms with E-state index >= 15 is 0 Å². The lowest BCUT2D eigenvalue weighted by molar-refractivity contribution is -0.141. The van der Waals surface area contributed by atoms with Crippen LogP contribution in [0.1, 0.15) is 24.5 Å². The zero-order valence-electron chi connectivity index (χ0n) is 14.8. The summed E-state index contributed by atoms with van der Waals surface area (Å²) < 4.78 is 48.0. The van der Waals surface area contributed by atoms with Gasteiger partial charge in [-0.05, 0) is 48.4 Å². The van der Waals surface area contributed by atoms with Crippen LogP contribution in [0.3, 0.4) is 0 Å². The number of hydrogen-bond donors (Lipinski definition) is 1. The van der Waals surface area contributed by atoms with Crippen LogP contribution in [0.15, 0.2) is 55.1 Å². The maximum atomic E-state index is 13.7. The first-order valence-corrected chi connectivity index (χ1v) is 8.79. The predicted octanol–water partition coefficient (Wildman–Crippen LogP) is 5.04. The van der Waals surface area contributed by atoms with Crippen LogP contribution in [-0.4, -0.2) is 19.9 Å². The minimum absolute atomic E-state index is 0.00222. The van der Waals surface area contributed by atoms with Crippen molar-refractivity contribution in [2.45, 2.75) is 31.7 Å². The molecule has 5 nitrogen and oxygen atoms in total. The van der Waals surface area contributed by atoms with E-state index in [2.05, 4.69) is 10.1 Å². The van der Waals surface area contributed by atoms with Gasteiger partial charge in [-0.25, -0.2) is 9.67 Å². The van der Waals surface area contributed by atoms with Gasteiger partial charge in [-0.2, -0.15) is 18.3 Å². The Balaban J connectivity index is 1.99. The first kappa shape index (κ1) is 20.2. The van der Waals surface area contributed by atoms with Crippen molar-refractivity contribution in [2.24, 2.45) is 0 Å². The molecule has 28 heavy (non-hydrogen) atoms. The molecule has 1 N–H and O–H groups in total. The molecule has 0 aliphatic carbocycles. The van der Waals surface area contributed by atoms with Crippen LogP contribution in [0.2, 0.25) is 5.02 Å². The molecule has 3 aromatic rings. The Bertz CT molecular complexity index is 931. The maximum Gasteiger partial charge on any atom is 0.416 e. The molecule has 1 atom stereocenters. The highest BCUT2D eigenvalue weighted by Gasteiger charge is 2.41. The number of hydrogen-bond acceptors (Lipinski definition) is 4. The molecule has 0 spiro atoms. The van der Waals surface area contributed by atoms with Crippen LogP contribution in [0, 0.1) is 0 Å². The first-order valence-electron chi connectivity index (χ1n) is 8.41. The van der Waals surface area contributed by atoms with Crippen molar-refractivity contribution in [2.75, 3.05) is 0 Å². The lowest BCUT2D eigenvalue weighted by Gasteiger charge is -2.30. The van der Waals surface area contributed by atoms with Crippen LogP contribution in [0.25, 0.3) is 0 Å². The number of benzene rings is 2. The highest BCUT2D eigenvalue weighted by molar-refractivity contribution is 6.30. The van der Waals surface area contributed by atoms with Crippen molar-refractivity contribution in [3.63, 3.8) is 0 Å². The average molecular weight is 412 g/mol. The first-order chi connectivity index (χ1) is 13.2. The zero-order valence-corrected chi connectivity index (χ0v) is 15.6. The molecule has 0 saturated carbocycles. The second-order valence-electron chi connectivity index (χ2n) is 6.24. The molecule has 0 aliphatic heterocycles. The summed E-state index contributed by atoms with van der Waals surface area (Å²) in [7, 11) is 0. The molecule has 0 saturated heterocycles. The molecule has 2 aromatic carbocycles.